The van der Waals surface area contributed by atoms with E-state index in [2.05, 4.69) is 21.5 Å². The van der Waals surface area contributed by atoms with Crippen LogP contribution in [0.4, 0.5) is 0 Å². The van der Waals surface area contributed by atoms with Gasteiger partial charge in [0.15, 0.2) is 17.3 Å². The molecule has 154 valence electrons. The highest BCUT2D eigenvalue weighted by molar-refractivity contribution is 5.76. The maximum atomic E-state index is 12.6. The van der Waals surface area contributed by atoms with Crippen molar-refractivity contribution in [1.29, 1.82) is 5.26 Å². The number of hydrogen-bond acceptors (Lipinski definition) is 7. The molecule has 0 spiro atoms. The van der Waals surface area contributed by atoms with Crippen LogP contribution in [-0.2, 0) is 10.3 Å². The van der Waals surface area contributed by atoms with Crippen molar-refractivity contribution < 1.29 is 18.8 Å². The average molecular weight is 398 g/mol. The number of methoxy groups -OCH3 is 1. The monoisotopic (exact) mass is 398 g/mol. The van der Waals surface area contributed by atoms with Gasteiger partial charge in [0.2, 0.25) is 11.8 Å². The van der Waals surface area contributed by atoms with E-state index in [1.165, 1.54) is 7.11 Å². The van der Waals surface area contributed by atoms with E-state index in [0.29, 0.717) is 48.2 Å². The quantitative estimate of drug-likeness (QED) is 0.679. The summed E-state index contributed by atoms with van der Waals surface area (Å²) in [7, 11) is 1.53. The van der Waals surface area contributed by atoms with Crippen molar-refractivity contribution in [2.24, 2.45) is 0 Å². The topological polar surface area (TPSA) is 110 Å². The van der Waals surface area contributed by atoms with Crippen LogP contribution in [0.3, 0.4) is 0 Å². The zero-order valence-corrected chi connectivity index (χ0v) is 16.9. The highest BCUT2D eigenvalue weighted by Gasteiger charge is 2.39. The fraction of sp³-hybridized carbons (Fsp3) is 0.524. The Morgan fingerprint density at radius 3 is 2.76 bits per heavy atom. The first-order valence-corrected chi connectivity index (χ1v) is 9.89. The van der Waals surface area contributed by atoms with E-state index in [4.69, 9.17) is 19.3 Å². The predicted octanol–water partition coefficient (Wildman–Crippen LogP) is 3.39. The molecule has 0 unspecified atom stereocenters. The molecule has 1 N–H and O–H groups in total. The first kappa shape index (κ1) is 20.6. The lowest BCUT2D eigenvalue weighted by molar-refractivity contribution is -0.124. The largest absolute Gasteiger partial charge is 0.493 e. The van der Waals surface area contributed by atoms with Gasteiger partial charge < -0.3 is 19.3 Å². The van der Waals surface area contributed by atoms with Crippen LogP contribution >= 0.6 is 0 Å². The Balaban J connectivity index is 1.53. The molecule has 3 rings (SSSR count). The van der Waals surface area contributed by atoms with E-state index >= 15 is 0 Å². The molecule has 0 bridgehead atoms. The number of benzene rings is 1. The lowest BCUT2D eigenvalue weighted by atomic mass is 9.81. The smallest absolute Gasteiger partial charge is 0.223 e. The van der Waals surface area contributed by atoms with Gasteiger partial charge in [-0.05, 0) is 31.4 Å². The molecular formula is C21H26N4O4. The standard InChI is InChI=1S/C21H26N4O4/c1-15-23-20(25-29-15)21(10-4-3-5-11-21)24-19(26)7-6-12-28-17-9-8-16(14-22)13-18(17)27-2/h8-9,13H,3-7,10-12H2,1-2H3,(H,24,26). The molecule has 29 heavy (non-hydrogen) atoms. The van der Waals surface area contributed by atoms with Crippen LogP contribution in [-0.4, -0.2) is 29.8 Å². The number of carbonyl (C=O) groups excluding carboxylic acids is 1. The Bertz CT molecular complexity index is 881. The molecule has 8 heteroatoms. The summed E-state index contributed by atoms with van der Waals surface area (Å²) in [5.41, 5.74) is -0.0346. The van der Waals surface area contributed by atoms with Crippen molar-refractivity contribution in [3.05, 3.63) is 35.5 Å². The minimum atomic E-state index is -0.537. The fourth-order valence-corrected chi connectivity index (χ4v) is 3.65. The average Bonchev–Trinajstić information content (AvgIpc) is 3.19. The second-order valence-electron chi connectivity index (χ2n) is 7.26. The minimum absolute atomic E-state index is 0.0512. The van der Waals surface area contributed by atoms with Crippen LogP contribution in [0.15, 0.2) is 22.7 Å². The number of hydrogen-bond donors (Lipinski definition) is 1. The third kappa shape index (κ3) is 5.05. The number of nitrogens with zero attached hydrogens (tertiary/aromatic N) is 3. The first-order chi connectivity index (χ1) is 14.1. The molecule has 0 aliphatic heterocycles. The summed E-state index contributed by atoms with van der Waals surface area (Å²) in [6.45, 7) is 2.12. The molecule has 1 saturated carbocycles. The summed E-state index contributed by atoms with van der Waals surface area (Å²) in [5.74, 6) is 2.08. The number of ether oxygens (including phenoxy) is 2. The zero-order chi connectivity index (χ0) is 20.7. The van der Waals surface area contributed by atoms with Crippen LogP contribution in [0.2, 0.25) is 0 Å². The number of nitrogens with one attached hydrogen (secondary N) is 1. The van der Waals surface area contributed by atoms with Crippen molar-refractivity contribution in [1.82, 2.24) is 15.5 Å². The summed E-state index contributed by atoms with van der Waals surface area (Å²) in [5, 5.41) is 16.2. The molecule has 1 amide bonds. The molecule has 1 aromatic heterocycles. The molecule has 1 fully saturated rings. The van der Waals surface area contributed by atoms with Gasteiger partial charge in [0.25, 0.3) is 0 Å². The number of rotatable bonds is 8. The van der Waals surface area contributed by atoms with Crippen LogP contribution in [0.1, 0.15) is 62.2 Å². The summed E-state index contributed by atoms with van der Waals surface area (Å²) >= 11 is 0. The second kappa shape index (κ2) is 9.41. The van der Waals surface area contributed by atoms with Gasteiger partial charge in [-0.15, -0.1) is 0 Å². The van der Waals surface area contributed by atoms with Gasteiger partial charge in [-0.2, -0.15) is 10.2 Å². The van der Waals surface area contributed by atoms with Gasteiger partial charge >= 0.3 is 0 Å². The molecule has 0 saturated heterocycles. The molecule has 1 aliphatic rings. The van der Waals surface area contributed by atoms with Gasteiger partial charge in [0, 0.05) is 19.4 Å². The van der Waals surface area contributed by atoms with E-state index in [-0.39, 0.29) is 5.91 Å². The maximum Gasteiger partial charge on any atom is 0.223 e. The van der Waals surface area contributed by atoms with Crippen molar-refractivity contribution in [2.75, 3.05) is 13.7 Å². The summed E-state index contributed by atoms with van der Waals surface area (Å²) in [6, 6.07) is 7.06. The lowest BCUT2D eigenvalue weighted by Crippen LogP contribution is -2.48. The van der Waals surface area contributed by atoms with E-state index in [1.54, 1.807) is 25.1 Å². The van der Waals surface area contributed by atoms with Crippen LogP contribution < -0.4 is 14.8 Å². The van der Waals surface area contributed by atoms with Crippen molar-refractivity contribution in [2.45, 2.75) is 57.4 Å². The first-order valence-electron chi connectivity index (χ1n) is 9.89. The molecule has 2 aromatic rings. The van der Waals surface area contributed by atoms with E-state index in [1.807, 2.05) is 0 Å². The van der Waals surface area contributed by atoms with E-state index in [0.717, 1.165) is 32.1 Å². The number of amides is 1. The summed E-state index contributed by atoms with van der Waals surface area (Å²) in [6.07, 6.45) is 5.71. The number of aryl methyl sites for hydroxylation is 1. The second-order valence-corrected chi connectivity index (χ2v) is 7.26. The van der Waals surface area contributed by atoms with Crippen LogP contribution in [0, 0.1) is 18.3 Å². The van der Waals surface area contributed by atoms with Crippen molar-refractivity contribution >= 4 is 5.91 Å². The Morgan fingerprint density at radius 2 is 2.10 bits per heavy atom. The molecule has 8 nitrogen and oxygen atoms in total. The Morgan fingerprint density at radius 1 is 1.31 bits per heavy atom. The lowest BCUT2D eigenvalue weighted by Gasteiger charge is -2.35. The number of nitriles is 1. The van der Waals surface area contributed by atoms with Crippen molar-refractivity contribution in [3.8, 4) is 17.6 Å². The highest BCUT2D eigenvalue weighted by atomic mass is 16.5. The maximum absolute atomic E-state index is 12.6. The Labute approximate surface area is 170 Å². The van der Waals surface area contributed by atoms with Crippen LogP contribution in [0.25, 0.3) is 0 Å². The van der Waals surface area contributed by atoms with Gasteiger partial charge in [0.1, 0.15) is 5.54 Å². The molecule has 0 atom stereocenters. The van der Waals surface area contributed by atoms with E-state index < -0.39 is 5.54 Å². The van der Waals surface area contributed by atoms with Gasteiger partial charge in [-0.3, -0.25) is 4.79 Å². The molecular weight excluding hydrogens is 372 g/mol. The Kier molecular flexibility index (Phi) is 6.70. The highest BCUT2D eigenvalue weighted by Crippen LogP contribution is 2.35. The summed E-state index contributed by atoms with van der Waals surface area (Å²) < 4.78 is 16.1. The number of carbonyl (C=O) groups is 1. The van der Waals surface area contributed by atoms with Gasteiger partial charge in [0.05, 0.1) is 25.3 Å². The summed E-state index contributed by atoms with van der Waals surface area (Å²) in [4.78, 5) is 17.0. The molecule has 1 aromatic carbocycles. The predicted molar refractivity (Wildman–Crippen MR) is 104 cm³/mol. The molecule has 0 radical (unpaired) electrons. The van der Waals surface area contributed by atoms with Gasteiger partial charge in [-0.1, -0.05) is 24.4 Å². The van der Waals surface area contributed by atoms with Crippen LogP contribution in [0.5, 0.6) is 11.5 Å². The molecule has 1 heterocycles. The van der Waals surface area contributed by atoms with E-state index in [9.17, 15) is 4.79 Å². The Hall–Kier alpha value is -3.08. The minimum Gasteiger partial charge on any atom is -0.493 e. The van der Waals surface area contributed by atoms with Crippen molar-refractivity contribution in [3.63, 3.8) is 0 Å². The zero-order valence-electron chi connectivity index (χ0n) is 16.9. The normalized spacial score (nSPS) is 15.3. The third-order valence-corrected chi connectivity index (χ3v) is 5.14. The molecule has 1 aliphatic carbocycles. The van der Waals surface area contributed by atoms with Gasteiger partial charge in [-0.25, -0.2) is 0 Å². The number of aromatic nitrogens is 2. The third-order valence-electron chi connectivity index (χ3n) is 5.14. The fourth-order valence-electron chi connectivity index (χ4n) is 3.65. The SMILES string of the molecule is COc1cc(C#N)ccc1OCCCC(=O)NC1(c2noc(C)n2)CCCCC1.